The fourth-order valence-electron chi connectivity index (χ4n) is 2.66. The van der Waals surface area contributed by atoms with Crippen molar-refractivity contribution in [3.8, 4) is 5.75 Å². The minimum Gasteiger partial charge on any atom is -0.488 e. The van der Waals surface area contributed by atoms with Crippen LogP contribution in [0.5, 0.6) is 5.75 Å². The lowest BCUT2D eigenvalue weighted by atomic mass is 10.1. The molecule has 0 saturated carbocycles. The van der Waals surface area contributed by atoms with E-state index >= 15 is 0 Å². The minimum atomic E-state index is -0.510. The van der Waals surface area contributed by atoms with Crippen LogP contribution in [0.4, 0.5) is 10.5 Å². The van der Waals surface area contributed by atoms with Gasteiger partial charge in [-0.3, -0.25) is 19.8 Å². The van der Waals surface area contributed by atoms with Crippen LogP contribution in [0.2, 0.25) is 0 Å². The van der Waals surface area contributed by atoms with Gasteiger partial charge in [-0.25, -0.2) is 4.79 Å². The molecule has 1 saturated heterocycles. The van der Waals surface area contributed by atoms with E-state index in [9.17, 15) is 19.7 Å². The average molecular weight is 458 g/mol. The number of hydrogen-bond donors (Lipinski definition) is 1. The van der Waals surface area contributed by atoms with E-state index in [1.165, 1.54) is 18.2 Å². The van der Waals surface area contributed by atoms with Crippen molar-refractivity contribution in [3.05, 3.63) is 86.5 Å². The number of carbonyl (C=O) groups is 2. The first-order valence-electron chi connectivity index (χ1n) is 8.50. The molecule has 148 valence electrons. The van der Waals surface area contributed by atoms with Gasteiger partial charge in [-0.05, 0) is 42.0 Å². The lowest BCUT2D eigenvalue weighted by Crippen LogP contribution is -2.30. The standard InChI is InChI=1S/C20H16BrN3O5/c1-2-9-23-19(25)17(22-20(23)26)11-14-10-15(21)5-8-18(14)29-12-13-3-6-16(7-4-13)24(27)28/h2-8,10-11H,1,9,12H2,(H,22,26)/b17-11+. The molecule has 0 aliphatic carbocycles. The third kappa shape index (κ3) is 4.69. The van der Waals surface area contributed by atoms with E-state index in [0.29, 0.717) is 11.3 Å². The number of benzene rings is 2. The van der Waals surface area contributed by atoms with Gasteiger partial charge in [-0.1, -0.05) is 22.0 Å². The maximum Gasteiger partial charge on any atom is 0.329 e. The van der Waals surface area contributed by atoms with E-state index in [1.807, 2.05) is 0 Å². The highest BCUT2D eigenvalue weighted by Crippen LogP contribution is 2.27. The minimum absolute atomic E-state index is 0.00220. The van der Waals surface area contributed by atoms with Gasteiger partial charge >= 0.3 is 6.03 Å². The fourth-order valence-corrected chi connectivity index (χ4v) is 3.04. The number of hydrogen-bond acceptors (Lipinski definition) is 5. The van der Waals surface area contributed by atoms with E-state index in [2.05, 4.69) is 27.8 Å². The zero-order valence-corrected chi connectivity index (χ0v) is 16.7. The van der Waals surface area contributed by atoms with Crippen molar-refractivity contribution < 1.29 is 19.2 Å². The number of rotatable bonds is 7. The number of amides is 3. The number of nitro benzene ring substituents is 1. The fraction of sp³-hybridized carbons (Fsp3) is 0.100. The Morgan fingerprint density at radius 3 is 2.59 bits per heavy atom. The molecular formula is C20H16BrN3O5. The predicted molar refractivity (Wildman–Crippen MR) is 110 cm³/mol. The van der Waals surface area contributed by atoms with Crippen LogP contribution in [-0.2, 0) is 11.4 Å². The van der Waals surface area contributed by atoms with Gasteiger partial charge in [0.2, 0.25) is 0 Å². The largest absolute Gasteiger partial charge is 0.488 e. The normalized spacial score (nSPS) is 14.8. The van der Waals surface area contributed by atoms with Crippen LogP contribution in [0.15, 0.2) is 65.3 Å². The second kappa shape index (κ2) is 8.70. The molecule has 1 aliphatic rings. The first kappa shape index (κ1) is 20.3. The van der Waals surface area contributed by atoms with Crippen molar-refractivity contribution >= 4 is 39.6 Å². The summed E-state index contributed by atoms with van der Waals surface area (Å²) in [6, 6.07) is 10.8. The Morgan fingerprint density at radius 2 is 1.93 bits per heavy atom. The van der Waals surface area contributed by atoms with Gasteiger partial charge in [0, 0.05) is 28.7 Å². The zero-order valence-electron chi connectivity index (χ0n) is 15.1. The molecule has 3 rings (SSSR count). The van der Waals surface area contributed by atoms with Crippen molar-refractivity contribution in [3.63, 3.8) is 0 Å². The van der Waals surface area contributed by atoms with Crippen molar-refractivity contribution in [1.29, 1.82) is 0 Å². The summed E-state index contributed by atoms with van der Waals surface area (Å²) in [5.74, 6) is 0.0412. The number of nitrogens with zero attached hydrogens (tertiary/aromatic N) is 2. The molecule has 2 aromatic rings. The lowest BCUT2D eigenvalue weighted by Gasteiger charge is -2.11. The van der Waals surface area contributed by atoms with E-state index in [0.717, 1.165) is 14.9 Å². The Morgan fingerprint density at radius 1 is 1.21 bits per heavy atom. The highest BCUT2D eigenvalue weighted by Gasteiger charge is 2.32. The van der Waals surface area contributed by atoms with E-state index in [1.54, 1.807) is 36.4 Å². The number of nitrogens with one attached hydrogen (secondary N) is 1. The number of imide groups is 1. The third-order valence-electron chi connectivity index (χ3n) is 4.09. The summed E-state index contributed by atoms with van der Waals surface area (Å²) in [4.78, 5) is 35.6. The number of halogens is 1. The summed E-state index contributed by atoms with van der Waals surface area (Å²) in [5.41, 5.74) is 1.47. The molecule has 0 spiro atoms. The molecule has 8 nitrogen and oxygen atoms in total. The Labute approximate surface area is 174 Å². The van der Waals surface area contributed by atoms with Gasteiger partial charge in [-0.15, -0.1) is 6.58 Å². The Bertz CT molecular complexity index is 1020. The van der Waals surface area contributed by atoms with Crippen LogP contribution in [0.25, 0.3) is 6.08 Å². The summed E-state index contributed by atoms with van der Waals surface area (Å²) in [6.45, 7) is 3.83. The van der Waals surface area contributed by atoms with Crippen molar-refractivity contribution in [2.75, 3.05) is 6.54 Å². The summed E-state index contributed by atoms with van der Waals surface area (Å²) < 4.78 is 6.61. The Hall–Kier alpha value is -3.46. The second-order valence-corrected chi connectivity index (χ2v) is 7.00. The number of ether oxygens (including phenoxy) is 1. The number of nitro groups is 1. The van der Waals surface area contributed by atoms with Crippen LogP contribution < -0.4 is 10.1 Å². The summed E-state index contributed by atoms with van der Waals surface area (Å²) in [7, 11) is 0. The highest BCUT2D eigenvalue weighted by molar-refractivity contribution is 9.10. The van der Waals surface area contributed by atoms with Crippen molar-refractivity contribution in [2.24, 2.45) is 0 Å². The third-order valence-corrected chi connectivity index (χ3v) is 4.58. The van der Waals surface area contributed by atoms with Gasteiger partial charge in [0.05, 0.1) is 4.92 Å². The van der Waals surface area contributed by atoms with Crippen LogP contribution in [0.3, 0.4) is 0 Å². The number of carbonyl (C=O) groups excluding carboxylic acids is 2. The first-order chi connectivity index (χ1) is 13.9. The van der Waals surface area contributed by atoms with Crippen LogP contribution in [0.1, 0.15) is 11.1 Å². The summed E-state index contributed by atoms with van der Waals surface area (Å²) in [5, 5.41) is 13.3. The van der Waals surface area contributed by atoms with Gasteiger partial charge in [0.1, 0.15) is 18.1 Å². The molecule has 1 fully saturated rings. The SMILES string of the molecule is C=CCN1C(=O)N/C(=C/c2cc(Br)ccc2OCc2ccc([N+](=O)[O-])cc2)C1=O. The molecule has 0 aromatic heterocycles. The topological polar surface area (TPSA) is 102 Å². The monoisotopic (exact) mass is 457 g/mol. The molecule has 1 heterocycles. The lowest BCUT2D eigenvalue weighted by molar-refractivity contribution is -0.384. The number of non-ortho nitro benzene ring substituents is 1. The van der Waals surface area contributed by atoms with Gasteiger partial charge in [0.25, 0.3) is 11.6 Å². The quantitative estimate of drug-likeness (QED) is 0.222. The molecule has 1 aliphatic heterocycles. The highest BCUT2D eigenvalue weighted by atomic mass is 79.9. The Kier molecular flexibility index (Phi) is 6.08. The predicted octanol–water partition coefficient (Wildman–Crippen LogP) is 4.02. The maximum atomic E-state index is 12.4. The van der Waals surface area contributed by atoms with E-state index < -0.39 is 16.9 Å². The summed E-state index contributed by atoms with van der Waals surface area (Å²) in [6.07, 6.45) is 3.01. The smallest absolute Gasteiger partial charge is 0.329 e. The van der Waals surface area contributed by atoms with Gasteiger partial charge in [0.15, 0.2) is 0 Å². The van der Waals surface area contributed by atoms with Crippen LogP contribution in [0, 0.1) is 10.1 Å². The second-order valence-electron chi connectivity index (χ2n) is 6.09. The van der Waals surface area contributed by atoms with E-state index in [4.69, 9.17) is 4.74 Å². The van der Waals surface area contributed by atoms with Gasteiger partial charge in [-0.2, -0.15) is 0 Å². The zero-order chi connectivity index (χ0) is 21.0. The van der Waals surface area contributed by atoms with Crippen LogP contribution >= 0.6 is 15.9 Å². The molecule has 0 bridgehead atoms. The van der Waals surface area contributed by atoms with Crippen LogP contribution in [-0.4, -0.2) is 28.3 Å². The molecule has 0 radical (unpaired) electrons. The maximum absolute atomic E-state index is 12.4. The molecule has 3 amide bonds. The summed E-state index contributed by atoms with van der Waals surface area (Å²) >= 11 is 3.38. The molecule has 0 atom stereocenters. The van der Waals surface area contributed by atoms with Crippen molar-refractivity contribution in [1.82, 2.24) is 10.2 Å². The number of urea groups is 1. The molecule has 9 heteroatoms. The molecular weight excluding hydrogens is 442 g/mol. The average Bonchev–Trinajstić information content (AvgIpc) is 2.95. The van der Waals surface area contributed by atoms with Gasteiger partial charge < -0.3 is 10.1 Å². The van der Waals surface area contributed by atoms with Crippen molar-refractivity contribution in [2.45, 2.75) is 6.61 Å². The molecule has 29 heavy (non-hydrogen) atoms. The molecule has 0 unspecified atom stereocenters. The molecule has 1 N–H and O–H groups in total. The first-order valence-corrected chi connectivity index (χ1v) is 9.29. The van der Waals surface area contributed by atoms with E-state index in [-0.39, 0.29) is 24.5 Å². The Balaban J connectivity index is 1.81. The molecule has 2 aromatic carbocycles.